The molecule has 7 aliphatic rings. The fourth-order valence-electron chi connectivity index (χ4n) is 10.1. The smallest absolute Gasteiger partial charge is 0.262 e. The van der Waals surface area contributed by atoms with Gasteiger partial charge in [0.05, 0.1) is 28.6 Å². The fourth-order valence-corrected chi connectivity index (χ4v) is 10.1. The Morgan fingerprint density at radius 3 is 2.45 bits per heavy atom. The van der Waals surface area contributed by atoms with E-state index in [4.69, 9.17) is 0 Å². The maximum atomic E-state index is 13.5. The largest absolute Gasteiger partial charge is 0.507 e. The average Bonchev–Trinajstić information content (AvgIpc) is 3.49. The normalized spacial score (nSPS) is 29.4. The lowest BCUT2D eigenvalue weighted by Gasteiger charge is -2.46. The maximum Gasteiger partial charge on any atom is 0.262 e. The summed E-state index contributed by atoms with van der Waals surface area (Å²) in [6.45, 7) is 10.8. The summed E-state index contributed by atoms with van der Waals surface area (Å²) in [5.41, 5.74) is 3.98. The third kappa shape index (κ3) is 5.99. The Balaban J connectivity index is 0.728. The molecular formula is C40H46N10O5. The zero-order valence-corrected chi connectivity index (χ0v) is 30.9. The predicted molar refractivity (Wildman–Crippen MR) is 204 cm³/mol. The van der Waals surface area contributed by atoms with Gasteiger partial charge < -0.3 is 25.1 Å². The van der Waals surface area contributed by atoms with E-state index < -0.39 is 23.8 Å². The first-order valence-electron chi connectivity index (χ1n) is 19.6. The Morgan fingerprint density at radius 1 is 0.818 bits per heavy atom. The van der Waals surface area contributed by atoms with Crippen molar-refractivity contribution >= 4 is 40.8 Å². The lowest BCUT2D eigenvalue weighted by molar-refractivity contribution is -0.136. The number of phenolic OH excluding ortho intramolecular Hbond substituents is 1. The summed E-state index contributed by atoms with van der Waals surface area (Å²) in [5.74, 6) is 1.34. The first-order valence-corrected chi connectivity index (χ1v) is 19.6. The number of nitrogens with zero attached hydrogens (tertiary/aromatic N) is 8. The number of phenols is 1. The van der Waals surface area contributed by atoms with Crippen molar-refractivity contribution in [1.29, 1.82) is 0 Å². The molecular weight excluding hydrogens is 701 g/mol. The molecule has 1 aliphatic carbocycles. The predicted octanol–water partition coefficient (Wildman–Crippen LogP) is 1.16. The Labute approximate surface area is 319 Å². The molecule has 55 heavy (non-hydrogen) atoms. The Morgan fingerprint density at radius 2 is 1.64 bits per heavy atom. The molecule has 7 heterocycles. The van der Waals surface area contributed by atoms with Gasteiger partial charge >= 0.3 is 0 Å². The van der Waals surface area contributed by atoms with Crippen LogP contribution < -0.4 is 20.4 Å². The van der Waals surface area contributed by atoms with E-state index in [1.54, 1.807) is 12.1 Å². The molecule has 286 valence electrons. The standard InChI is InChI=1S/C40H46N10O5/c1-45-10-12-48(23-6-7-26-28(14-23)40(55)50(39(26)54)33-8-9-36(52)42-38(33)53)19-25(45)18-47-21-30-29(31(30)22-47)20-46-11-13-49-24(17-46)16-41-37-34(49)15-32(43-44-37)27-4-2-3-5-35(27)51/h2-7,14-15,24-25,29-31,33,51H,8-13,16-22H2,1H3,(H,41,44)(H,42,52,53)/t24-,25?,29-,30-,31+,33?/m0/s1. The van der Waals surface area contributed by atoms with Gasteiger partial charge in [-0.15, -0.1) is 10.2 Å². The summed E-state index contributed by atoms with van der Waals surface area (Å²) in [4.78, 5) is 64.4. The first-order chi connectivity index (χ1) is 26.7. The van der Waals surface area contributed by atoms with Crippen LogP contribution in [0.1, 0.15) is 33.6 Å². The number of anilines is 3. The van der Waals surface area contributed by atoms with Crippen LogP contribution in [0.15, 0.2) is 48.5 Å². The highest BCUT2D eigenvalue weighted by Gasteiger charge is 2.56. The molecule has 3 N–H and O–H groups in total. The van der Waals surface area contributed by atoms with Crippen molar-refractivity contribution in [3.63, 3.8) is 0 Å². The van der Waals surface area contributed by atoms with E-state index in [0.29, 0.717) is 34.5 Å². The number of likely N-dealkylation sites (tertiary alicyclic amines) is 1. The highest BCUT2D eigenvalue weighted by molar-refractivity contribution is 6.23. The topological polar surface area (TPSA) is 158 Å². The number of rotatable bonds is 7. The summed E-state index contributed by atoms with van der Waals surface area (Å²) < 4.78 is 0. The highest BCUT2D eigenvalue weighted by Crippen LogP contribution is 2.52. The summed E-state index contributed by atoms with van der Waals surface area (Å²) in [5, 5.41) is 25.0. The number of aromatic nitrogens is 2. The lowest BCUT2D eigenvalue weighted by atomic mass is 10.0. The quantitative estimate of drug-likeness (QED) is 0.297. The van der Waals surface area contributed by atoms with Crippen LogP contribution in [0.25, 0.3) is 11.3 Å². The zero-order valence-electron chi connectivity index (χ0n) is 30.9. The second-order valence-electron chi connectivity index (χ2n) is 16.4. The Bertz CT molecular complexity index is 2080. The number of imide groups is 2. The van der Waals surface area contributed by atoms with Crippen LogP contribution in [-0.2, 0) is 9.59 Å². The van der Waals surface area contributed by atoms with Crippen molar-refractivity contribution in [3.8, 4) is 17.0 Å². The fraction of sp³-hybridized carbons (Fsp3) is 0.500. The molecule has 10 rings (SSSR count). The monoisotopic (exact) mass is 746 g/mol. The van der Waals surface area contributed by atoms with Gasteiger partial charge in [0, 0.05) is 95.7 Å². The molecule has 2 aromatic carbocycles. The van der Waals surface area contributed by atoms with Gasteiger partial charge in [-0.1, -0.05) is 12.1 Å². The van der Waals surface area contributed by atoms with Gasteiger partial charge in [0.1, 0.15) is 11.8 Å². The van der Waals surface area contributed by atoms with Gasteiger partial charge in [0.25, 0.3) is 11.8 Å². The van der Waals surface area contributed by atoms with Gasteiger partial charge in [-0.3, -0.25) is 39.2 Å². The number of piperazine rings is 2. The van der Waals surface area contributed by atoms with Gasteiger partial charge in [-0.2, -0.15) is 0 Å². The minimum absolute atomic E-state index is 0.101. The number of fused-ring (bicyclic) bond motifs is 5. The first kappa shape index (κ1) is 34.4. The summed E-state index contributed by atoms with van der Waals surface area (Å²) >= 11 is 0. The summed E-state index contributed by atoms with van der Waals surface area (Å²) in [7, 11) is 2.20. The van der Waals surface area contributed by atoms with Crippen LogP contribution >= 0.6 is 0 Å². The second kappa shape index (κ2) is 13.3. The molecule has 4 amide bonds. The molecule has 15 nitrogen and oxygen atoms in total. The van der Waals surface area contributed by atoms with Crippen LogP contribution in [0, 0.1) is 17.8 Å². The molecule has 6 atom stereocenters. The molecule has 0 spiro atoms. The van der Waals surface area contributed by atoms with Crippen LogP contribution in [-0.4, -0.2) is 156 Å². The number of para-hydroxylation sites is 1. The third-order valence-corrected chi connectivity index (χ3v) is 13.3. The molecule has 2 unspecified atom stereocenters. The molecule has 0 bridgehead atoms. The van der Waals surface area contributed by atoms with Crippen LogP contribution in [0.5, 0.6) is 5.75 Å². The van der Waals surface area contributed by atoms with Crippen molar-refractivity contribution in [3.05, 3.63) is 59.7 Å². The Hall–Kier alpha value is -5.12. The van der Waals surface area contributed by atoms with Gasteiger partial charge in [-0.05, 0) is 67.6 Å². The van der Waals surface area contributed by atoms with Crippen molar-refractivity contribution in [1.82, 2.24) is 35.1 Å². The van der Waals surface area contributed by atoms with Gasteiger partial charge in [-0.25, -0.2) is 0 Å². The number of likely N-dealkylation sites (N-methyl/N-ethyl adjacent to an activating group) is 1. The number of hydrogen-bond acceptors (Lipinski definition) is 13. The molecule has 4 saturated heterocycles. The number of piperidine rings is 2. The van der Waals surface area contributed by atoms with E-state index in [-0.39, 0.29) is 24.5 Å². The van der Waals surface area contributed by atoms with E-state index in [1.165, 1.54) is 0 Å². The number of amides is 4. The van der Waals surface area contributed by atoms with Crippen molar-refractivity contribution in [2.75, 3.05) is 94.2 Å². The maximum absolute atomic E-state index is 13.5. The number of hydrogen-bond donors (Lipinski definition) is 3. The Kier molecular flexibility index (Phi) is 8.30. The molecule has 6 aliphatic heterocycles. The van der Waals surface area contributed by atoms with E-state index in [2.05, 4.69) is 58.4 Å². The highest BCUT2D eigenvalue weighted by atomic mass is 16.3. The summed E-state index contributed by atoms with van der Waals surface area (Å²) in [6, 6.07) is 14.5. The van der Waals surface area contributed by atoms with E-state index >= 15 is 0 Å². The molecule has 0 radical (unpaired) electrons. The molecule has 5 fully saturated rings. The van der Waals surface area contributed by atoms with Crippen molar-refractivity contribution in [2.45, 2.75) is 31.0 Å². The van der Waals surface area contributed by atoms with Crippen molar-refractivity contribution < 1.29 is 24.3 Å². The average molecular weight is 747 g/mol. The summed E-state index contributed by atoms with van der Waals surface area (Å²) in [6.07, 6.45) is 0.248. The molecule has 3 aromatic rings. The SMILES string of the molecule is CN1CCN(c2ccc3c(c2)C(=O)N(C2CCC(=O)NC2=O)C3=O)CC1CN1C[C@@H]2[C@H](C1)[C@H]2CN1CCN2c3cc(-c4ccccc4O)nnc3NC[C@H]2C1. The van der Waals surface area contributed by atoms with Gasteiger partial charge in [0.2, 0.25) is 11.8 Å². The number of aromatic hydroxyl groups is 1. The van der Waals surface area contributed by atoms with E-state index in [1.807, 2.05) is 30.3 Å². The minimum atomic E-state index is -0.965. The molecule has 1 saturated carbocycles. The molecule has 1 aromatic heterocycles. The van der Waals surface area contributed by atoms with E-state index in [9.17, 15) is 24.3 Å². The van der Waals surface area contributed by atoms with Gasteiger partial charge in [0.15, 0.2) is 5.82 Å². The number of carbonyl (C=O) groups is 4. The third-order valence-electron chi connectivity index (χ3n) is 13.3. The second-order valence-corrected chi connectivity index (χ2v) is 16.4. The van der Waals surface area contributed by atoms with E-state index in [0.717, 1.165) is 112 Å². The molecule has 15 heteroatoms. The van der Waals surface area contributed by atoms with Crippen molar-refractivity contribution in [2.24, 2.45) is 17.8 Å². The minimum Gasteiger partial charge on any atom is -0.507 e. The number of carbonyl (C=O) groups excluding carboxylic acids is 4. The van der Waals surface area contributed by atoms with Crippen LogP contribution in [0.3, 0.4) is 0 Å². The van der Waals surface area contributed by atoms with Crippen LogP contribution in [0.2, 0.25) is 0 Å². The zero-order chi connectivity index (χ0) is 37.5. The number of nitrogens with one attached hydrogen (secondary N) is 2. The number of benzene rings is 2. The lowest BCUT2D eigenvalue weighted by Crippen LogP contribution is -2.58. The van der Waals surface area contributed by atoms with Crippen LogP contribution in [0.4, 0.5) is 17.2 Å².